The van der Waals surface area contributed by atoms with Gasteiger partial charge in [0.2, 0.25) is 11.8 Å². The van der Waals surface area contributed by atoms with E-state index in [1.165, 1.54) is 0 Å². The predicted octanol–water partition coefficient (Wildman–Crippen LogP) is 2.78. The van der Waals surface area contributed by atoms with Crippen LogP contribution < -0.4 is 10.2 Å². The summed E-state index contributed by atoms with van der Waals surface area (Å²) in [5.74, 6) is 0.994. The third-order valence-electron chi connectivity index (χ3n) is 5.12. The molecule has 10 heteroatoms. The number of nitrogens with one attached hydrogen (secondary N) is 2. The van der Waals surface area contributed by atoms with Gasteiger partial charge >= 0.3 is 0 Å². The molecule has 5 rings (SSSR count). The molecule has 1 fully saturated rings. The highest BCUT2D eigenvalue weighted by Gasteiger charge is 2.14. The number of morpholine rings is 1. The number of H-pyrrole nitrogens is 1. The van der Waals surface area contributed by atoms with Crippen LogP contribution in [0.5, 0.6) is 0 Å². The highest BCUT2D eigenvalue weighted by molar-refractivity contribution is 5.70. The average molecular weight is 425 g/mol. The first kappa shape index (κ1) is 19.6. The maximum Gasteiger partial charge on any atom is 0.227 e. The van der Waals surface area contributed by atoms with E-state index in [1.54, 1.807) is 6.20 Å². The van der Waals surface area contributed by atoms with Crippen molar-refractivity contribution in [2.75, 3.05) is 36.5 Å². The predicted molar refractivity (Wildman–Crippen MR) is 118 cm³/mol. The van der Waals surface area contributed by atoms with Crippen LogP contribution in [0.2, 0.25) is 0 Å². The number of aromatic nitrogens is 6. The van der Waals surface area contributed by atoms with E-state index in [4.69, 9.17) is 4.74 Å². The van der Waals surface area contributed by atoms with Crippen LogP contribution in [0, 0.1) is 11.3 Å². The molecule has 0 saturated carbocycles. The topological polar surface area (TPSA) is 129 Å². The van der Waals surface area contributed by atoms with Crippen molar-refractivity contribution in [1.82, 2.24) is 30.6 Å². The number of hydrogen-bond acceptors (Lipinski definition) is 9. The van der Waals surface area contributed by atoms with Crippen LogP contribution in [0.1, 0.15) is 5.56 Å². The van der Waals surface area contributed by atoms with Crippen molar-refractivity contribution >= 4 is 17.3 Å². The molecule has 4 aromatic rings. The second-order valence-electron chi connectivity index (χ2n) is 7.18. The Hall–Kier alpha value is -4.36. The molecule has 3 heterocycles. The summed E-state index contributed by atoms with van der Waals surface area (Å²) in [5, 5.41) is 26.7. The molecule has 1 aliphatic heterocycles. The largest absolute Gasteiger partial charge is 0.378 e. The summed E-state index contributed by atoms with van der Waals surface area (Å²) in [6, 6.07) is 17.5. The van der Waals surface area contributed by atoms with Crippen LogP contribution in [0.15, 0.2) is 54.7 Å². The molecular weight excluding hydrogens is 406 g/mol. The average Bonchev–Trinajstić information content (AvgIpc) is 3.40. The summed E-state index contributed by atoms with van der Waals surface area (Å²) < 4.78 is 5.45. The molecule has 0 atom stereocenters. The number of benzene rings is 2. The van der Waals surface area contributed by atoms with Crippen molar-refractivity contribution in [3.05, 3.63) is 60.3 Å². The lowest BCUT2D eigenvalue weighted by Gasteiger charge is -2.29. The number of nitrogens with zero attached hydrogens (tertiary/aromatic N) is 7. The molecule has 0 spiro atoms. The van der Waals surface area contributed by atoms with Gasteiger partial charge in [0.05, 0.1) is 30.5 Å². The Morgan fingerprint density at radius 2 is 1.88 bits per heavy atom. The molecule has 1 aliphatic rings. The van der Waals surface area contributed by atoms with E-state index in [-0.39, 0.29) is 0 Å². The lowest BCUT2D eigenvalue weighted by atomic mass is 10.1. The molecule has 2 aromatic carbocycles. The van der Waals surface area contributed by atoms with Gasteiger partial charge < -0.3 is 15.0 Å². The van der Waals surface area contributed by atoms with Gasteiger partial charge in [-0.3, -0.25) is 0 Å². The zero-order valence-electron chi connectivity index (χ0n) is 17.1. The molecule has 2 aromatic heterocycles. The molecule has 32 heavy (non-hydrogen) atoms. The third kappa shape index (κ3) is 4.23. The van der Waals surface area contributed by atoms with E-state index in [9.17, 15) is 5.26 Å². The molecule has 1 saturated heterocycles. The molecule has 0 radical (unpaired) electrons. The van der Waals surface area contributed by atoms with Crippen LogP contribution in [-0.4, -0.2) is 56.9 Å². The Balaban J connectivity index is 1.39. The normalized spacial score (nSPS) is 13.5. The Morgan fingerprint density at radius 1 is 1.03 bits per heavy atom. The van der Waals surface area contributed by atoms with E-state index < -0.39 is 0 Å². The molecule has 10 nitrogen and oxygen atoms in total. The first-order valence-electron chi connectivity index (χ1n) is 10.1. The summed E-state index contributed by atoms with van der Waals surface area (Å²) in [4.78, 5) is 11.2. The highest BCUT2D eigenvalue weighted by atomic mass is 16.5. The standard InChI is InChI=1S/C22H19N9O/c23-14-15-11-17(13-19(12-15)31-7-9-32-10-8-31)20-5-6-24-22(26-20)25-18-3-1-16(2-4-18)21-27-29-30-28-21/h1-6,11-13H,7-10H2,(H,24,25,26)(H,27,28,29,30). The number of hydrogen-bond donors (Lipinski definition) is 2. The summed E-state index contributed by atoms with van der Waals surface area (Å²) in [5.41, 5.74) is 4.86. The Morgan fingerprint density at radius 3 is 2.62 bits per heavy atom. The van der Waals surface area contributed by atoms with Crippen LogP contribution in [0.4, 0.5) is 17.3 Å². The number of anilines is 3. The molecule has 0 bridgehead atoms. The summed E-state index contributed by atoms with van der Waals surface area (Å²) in [6.07, 6.45) is 1.70. The fourth-order valence-electron chi connectivity index (χ4n) is 3.52. The van der Waals surface area contributed by atoms with Gasteiger partial charge in [-0.1, -0.05) is 0 Å². The van der Waals surface area contributed by atoms with Gasteiger partial charge in [-0.25, -0.2) is 9.97 Å². The van der Waals surface area contributed by atoms with Gasteiger partial charge in [-0.05, 0) is 53.7 Å². The minimum absolute atomic E-state index is 0.463. The number of aromatic amines is 1. The van der Waals surface area contributed by atoms with E-state index in [2.05, 4.69) is 52.9 Å². The van der Waals surface area contributed by atoms with E-state index >= 15 is 0 Å². The molecule has 0 amide bonds. The third-order valence-corrected chi connectivity index (χ3v) is 5.12. The molecular formula is C22H19N9O. The Kier molecular flexibility index (Phi) is 5.38. The number of rotatable bonds is 5. The Labute approximate surface area is 183 Å². The maximum atomic E-state index is 9.52. The van der Waals surface area contributed by atoms with Crippen molar-refractivity contribution in [2.45, 2.75) is 0 Å². The zero-order valence-corrected chi connectivity index (χ0v) is 17.1. The lowest BCUT2D eigenvalue weighted by molar-refractivity contribution is 0.122. The monoisotopic (exact) mass is 425 g/mol. The minimum Gasteiger partial charge on any atom is -0.378 e. The highest BCUT2D eigenvalue weighted by Crippen LogP contribution is 2.27. The van der Waals surface area contributed by atoms with Gasteiger partial charge in [-0.15, -0.1) is 10.2 Å². The Bertz CT molecular complexity index is 1240. The van der Waals surface area contributed by atoms with Crippen molar-refractivity contribution in [2.24, 2.45) is 0 Å². The van der Waals surface area contributed by atoms with Crippen LogP contribution >= 0.6 is 0 Å². The zero-order chi connectivity index (χ0) is 21.8. The molecule has 2 N–H and O–H groups in total. The lowest BCUT2D eigenvalue weighted by Crippen LogP contribution is -2.36. The number of tetrazole rings is 1. The summed E-state index contributed by atoms with van der Waals surface area (Å²) >= 11 is 0. The van der Waals surface area contributed by atoms with Crippen molar-refractivity contribution in [1.29, 1.82) is 5.26 Å². The SMILES string of the molecule is N#Cc1cc(-c2ccnc(Nc3ccc(-c4nn[nH]n4)cc3)n2)cc(N2CCOCC2)c1. The van der Waals surface area contributed by atoms with E-state index in [1.807, 2.05) is 42.5 Å². The fraction of sp³-hybridized carbons (Fsp3) is 0.182. The molecule has 158 valence electrons. The molecule has 0 aliphatic carbocycles. The van der Waals surface area contributed by atoms with Gasteiger partial charge in [0, 0.05) is 41.8 Å². The first-order chi connectivity index (χ1) is 15.8. The van der Waals surface area contributed by atoms with Gasteiger partial charge in [0.25, 0.3) is 0 Å². The van der Waals surface area contributed by atoms with Crippen LogP contribution in [0.3, 0.4) is 0 Å². The fourth-order valence-corrected chi connectivity index (χ4v) is 3.52. The van der Waals surface area contributed by atoms with Crippen molar-refractivity contribution in [3.8, 4) is 28.7 Å². The van der Waals surface area contributed by atoms with Gasteiger partial charge in [-0.2, -0.15) is 10.5 Å². The quantitative estimate of drug-likeness (QED) is 0.496. The van der Waals surface area contributed by atoms with Crippen molar-refractivity contribution in [3.63, 3.8) is 0 Å². The number of ether oxygens (including phenoxy) is 1. The smallest absolute Gasteiger partial charge is 0.227 e. The van der Waals surface area contributed by atoms with Gasteiger partial charge in [0.1, 0.15) is 0 Å². The van der Waals surface area contributed by atoms with Crippen LogP contribution in [-0.2, 0) is 4.74 Å². The van der Waals surface area contributed by atoms with E-state index in [0.29, 0.717) is 30.5 Å². The second-order valence-corrected chi connectivity index (χ2v) is 7.18. The minimum atomic E-state index is 0.463. The van der Waals surface area contributed by atoms with Gasteiger partial charge in [0.15, 0.2) is 0 Å². The first-order valence-corrected chi connectivity index (χ1v) is 10.1. The van der Waals surface area contributed by atoms with Crippen molar-refractivity contribution < 1.29 is 4.74 Å². The summed E-state index contributed by atoms with van der Waals surface area (Å²) in [6.45, 7) is 2.95. The van der Waals surface area contributed by atoms with Crippen LogP contribution in [0.25, 0.3) is 22.6 Å². The van der Waals surface area contributed by atoms with E-state index in [0.717, 1.165) is 41.3 Å². The molecule has 0 unspecified atom stereocenters. The second kappa shape index (κ2) is 8.79. The summed E-state index contributed by atoms with van der Waals surface area (Å²) in [7, 11) is 0. The number of nitriles is 1. The maximum absolute atomic E-state index is 9.52.